The number of ketones is 1. The van der Waals surface area contributed by atoms with Crippen molar-refractivity contribution in [3.8, 4) is 11.3 Å². The van der Waals surface area contributed by atoms with E-state index in [1.807, 2.05) is 42.5 Å². The molecular weight excluding hydrogens is 384 g/mol. The normalized spacial score (nSPS) is 13.1. The number of hydrogen-bond donors (Lipinski definition) is 2. The van der Waals surface area contributed by atoms with E-state index in [1.54, 1.807) is 12.4 Å². The van der Waals surface area contributed by atoms with Crippen molar-refractivity contribution in [1.29, 1.82) is 0 Å². The number of Topliss-reactive ketones (excluding diaryl/α,β-unsaturated/α-hetero) is 1. The summed E-state index contributed by atoms with van der Waals surface area (Å²) in [7, 11) is 1.53. The maximum atomic E-state index is 13.0. The monoisotopic (exact) mass is 406 g/mol. The predicted octanol–water partition coefficient (Wildman–Crippen LogP) is 3.60. The lowest BCUT2D eigenvalue weighted by Gasteiger charge is -2.25. The first kappa shape index (κ1) is 19.7. The number of anilines is 2. The summed E-state index contributed by atoms with van der Waals surface area (Å²) < 4.78 is 10.1. The van der Waals surface area contributed by atoms with Crippen molar-refractivity contribution >= 4 is 23.3 Å². The molecule has 1 aliphatic heterocycles. The highest BCUT2D eigenvalue weighted by Crippen LogP contribution is 2.37. The van der Waals surface area contributed by atoms with Crippen LogP contribution in [0.5, 0.6) is 0 Å². The van der Waals surface area contributed by atoms with Gasteiger partial charge in [0.2, 0.25) is 0 Å². The number of aromatic nitrogens is 2. The van der Waals surface area contributed by atoms with Crippen LogP contribution in [0.1, 0.15) is 16.1 Å². The van der Waals surface area contributed by atoms with E-state index in [0.29, 0.717) is 23.6 Å². The second kappa shape index (κ2) is 8.79. The van der Waals surface area contributed by atoms with E-state index in [9.17, 15) is 9.59 Å². The SMILES string of the molecule is COCCOC(=O)N1CC(=O)c2c([nH]c(-c3ccncc3)c2Nc2ccccc2)C1. The molecule has 0 spiro atoms. The summed E-state index contributed by atoms with van der Waals surface area (Å²) in [6.07, 6.45) is 2.86. The van der Waals surface area contributed by atoms with E-state index < -0.39 is 6.09 Å². The molecule has 1 amide bonds. The number of nitrogens with one attached hydrogen (secondary N) is 2. The first-order valence-corrected chi connectivity index (χ1v) is 9.58. The lowest BCUT2D eigenvalue weighted by Crippen LogP contribution is -2.40. The van der Waals surface area contributed by atoms with Gasteiger partial charge in [-0.05, 0) is 24.3 Å². The van der Waals surface area contributed by atoms with Crippen molar-refractivity contribution < 1.29 is 19.1 Å². The zero-order chi connectivity index (χ0) is 20.9. The summed E-state index contributed by atoms with van der Waals surface area (Å²) in [5.74, 6) is -0.157. The number of carbonyl (C=O) groups is 2. The van der Waals surface area contributed by atoms with Crippen LogP contribution in [0.4, 0.5) is 16.2 Å². The number of nitrogens with zero attached hydrogens (tertiary/aromatic N) is 2. The highest BCUT2D eigenvalue weighted by molar-refractivity contribution is 6.09. The number of hydrogen-bond acceptors (Lipinski definition) is 6. The molecule has 0 unspecified atom stereocenters. The molecule has 0 atom stereocenters. The molecule has 8 heteroatoms. The molecule has 154 valence electrons. The van der Waals surface area contributed by atoms with Crippen LogP contribution in [0.25, 0.3) is 11.3 Å². The highest BCUT2D eigenvalue weighted by Gasteiger charge is 2.33. The first-order valence-electron chi connectivity index (χ1n) is 9.58. The Bertz CT molecular complexity index is 1030. The third-order valence-corrected chi connectivity index (χ3v) is 4.82. The maximum absolute atomic E-state index is 13.0. The quantitative estimate of drug-likeness (QED) is 0.607. The Labute approximate surface area is 173 Å². The summed E-state index contributed by atoms with van der Waals surface area (Å²) >= 11 is 0. The Hall–Kier alpha value is -3.65. The molecule has 8 nitrogen and oxygen atoms in total. The highest BCUT2D eigenvalue weighted by atomic mass is 16.6. The molecule has 30 heavy (non-hydrogen) atoms. The van der Waals surface area contributed by atoms with Crippen molar-refractivity contribution in [2.45, 2.75) is 6.54 Å². The zero-order valence-electron chi connectivity index (χ0n) is 16.6. The van der Waals surface area contributed by atoms with E-state index in [0.717, 1.165) is 16.9 Å². The van der Waals surface area contributed by atoms with Gasteiger partial charge in [0.1, 0.15) is 6.61 Å². The van der Waals surface area contributed by atoms with E-state index in [1.165, 1.54) is 12.0 Å². The van der Waals surface area contributed by atoms with Crippen LogP contribution < -0.4 is 5.32 Å². The third kappa shape index (κ3) is 4.04. The summed E-state index contributed by atoms with van der Waals surface area (Å²) in [5.41, 5.74) is 4.45. The molecule has 0 fully saturated rings. The minimum atomic E-state index is -0.538. The average Bonchev–Trinajstić information content (AvgIpc) is 3.14. The number of pyridine rings is 1. The van der Waals surface area contributed by atoms with Crippen molar-refractivity contribution in [2.75, 3.05) is 32.2 Å². The first-order chi connectivity index (χ1) is 14.7. The van der Waals surface area contributed by atoms with Gasteiger partial charge in [-0.25, -0.2) is 4.79 Å². The Morgan fingerprint density at radius 1 is 1.13 bits per heavy atom. The number of rotatable bonds is 6. The second-order valence-corrected chi connectivity index (χ2v) is 6.84. The molecule has 4 rings (SSSR count). The van der Waals surface area contributed by atoms with Gasteiger partial charge >= 0.3 is 6.09 Å². The molecule has 1 aromatic carbocycles. The van der Waals surface area contributed by atoms with Crippen LogP contribution in [-0.4, -0.2) is 53.6 Å². The summed E-state index contributed by atoms with van der Waals surface area (Å²) in [5, 5.41) is 3.37. The van der Waals surface area contributed by atoms with Gasteiger partial charge < -0.3 is 19.8 Å². The van der Waals surface area contributed by atoms with Gasteiger partial charge in [0, 0.05) is 36.4 Å². The van der Waals surface area contributed by atoms with Gasteiger partial charge in [-0.15, -0.1) is 0 Å². The summed E-state index contributed by atoms with van der Waals surface area (Å²) in [6.45, 7) is 0.649. The molecule has 3 heterocycles. The number of H-pyrrole nitrogens is 1. The lowest BCUT2D eigenvalue weighted by molar-refractivity contribution is 0.0630. The zero-order valence-corrected chi connectivity index (χ0v) is 16.6. The predicted molar refractivity (Wildman–Crippen MR) is 112 cm³/mol. The van der Waals surface area contributed by atoms with E-state index in [2.05, 4.69) is 15.3 Å². The van der Waals surface area contributed by atoms with Crippen LogP contribution in [0.15, 0.2) is 54.9 Å². The number of fused-ring (bicyclic) bond motifs is 1. The third-order valence-electron chi connectivity index (χ3n) is 4.82. The molecule has 3 aromatic rings. The summed E-state index contributed by atoms with van der Waals surface area (Å²) in [4.78, 5) is 34.2. The molecule has 0 saturated heterocycles. The molecule has 2 N–H and O–H groups in total. The topological polar surface area (TPSA) is 96.5 Å². The van der Waals surface area contributed by atoms with E-state index in [-0.39, 0.29) is 25.5 Å². The van der Waals surface area contributed by atoms with E-state index in [4.69, 9.17) is 9.47 Å². The van der Waals surface area contributed by atoms with Crippen molar-refractivity contribution in [1.82, 2.24) is 14.9 Å². The van der Waals surface area contributed by atoms with Crippen molar-refractivity contribution in [2.24, 2.45) is 0 Å². The minimum absolute atomic E-state index is 0.0457. The van der Waals surface area contributed by atoms with Crippen molar-refractivity contribution in [3.05, 3.63) is 66.1 Å². The average molecular weight is 406 g/mol. The molecule has 0 aliphatic carbocycles. The van der Waals surface area contributed by atoms with Crippen LogP contribution in [0, 0.1) is 0 Å². The fourth-order valence-electron chi connectivity index (χ4n) is 3.44. The Kier molecular flexibility index (Phi) is 5.76. The van der Waals surface area contributed by atoms with Crippen LogP contribution in [0.2, 0.25) is 0 Å². The number of ether oxygens (including phenoxy) is 2. The molecular formula is C22H22N4O4. The molecule has 0 saturated carbocycles. The van der Waals surface area contributed by atoms with E-state index >= 15 is 0 Å². The maximum Gasteiger partial charge on any atom is 0.410 e. The number of amides is 1. The Balaban J connectivity index is 1.69. The van der Waals surface area contributed by atoms with Crippen LogP contribution >= 0.6 is 0 Å². The Morgan fingerprint density at radius 2 is 1.90 bits per heavy atom. The smallest absolute Gasteiger partial charge is 0.410 e. The standard InChI is InChI=1S/C22H22N4O4/c1-29-11-12-30-22(28)26-13-17-19(18(27)14-26)21(24-16-5-3-2-4-6-16)20(25-17)15-7-9-23-10-8-15/h2-10,24-25H,11-14H2,1H3. The summed E-state index contributed by atoms with van der Waals surface area (Å²) in [6, 6.07) is 13.4. The van der Waals surface area contributed by atoms with Gasteiger partial charge in [0.15, 0.2) is 5.78 Å². The number of carbonyl (C=O) groups excluding carboxylic acids is 2. The van der Waals surface area contributed by atoms with Gasteiger partial charge in [-0.1, -0.05) is 18.2 Å². The molecule has 0 radical (unpaired) electrons. The number of methoxy groups -OCH3 is 1. The second-order valence-electron chi connectivity index (χ2n) is 6.84. The van der Waals surface area contributed by atoms with Crippen LogP contribution in [-0.2, 0) is 16.0 Å². The molecule has 1 aliphatic rings. The minimum Gasteiger partial charge on any atom is -0.447 e. The van der Waals surface area contributed by atoms with Gasteiger partial charge in [-0.2, -0.15) is 0 Å². The fourth-order valence-corrected chi connectivity index (χ4v) is 3.44. The van der Waals surface area contributed by atoms with Gasteiger partial charge in [-0.3, -0.25) is 14.7 Å². The lowest BCUT2D eigenvalue weighted by atomic mass is 10.0. The number of para-hydroxylation sites is 1. The Morgan fingerprint density at radius 3 is 2.63 bits per heavy atom. The van der Waals surface area contributed by atoms with Gasteiger partial charge in [0.25, 0.3) is 0 Å². The van der Waals surface area contributed by atoms with Gasteiger partial charge in [0.05, 0.1) is 36.6 Å². The molecule has 0 bridgehead atoms. The fraction of sp³-hybridized carbons (Fsp3) is 0.227. The number of benzene rings is 1. The largest absolute Gasteiger partial charge is 0.447 e. The van der Waals surface area contributed by atoms with Crippen molar-refractivity contribution in [3.63, 3.8) is 0 Å². The number of aromatic amines is 1. The van der Waals surface area contributed by atoms with Crippen LogP contribution in [0.3, 0.4) is 0 Å². The molecule has 2 aromatic heterocycles.